The molecule has 0 radical (unpaired) electrons. The number of halogens is 6. The number of piperidine rings is 3. The van der Waals surface area contributed by atoms with E-state index in [0.717, 1.165) is 52.6 Å². The smallest absolute Gasteiger partial charge is 0.254 e. The van der Waals surface area contributed by atoms with Crippen LogP contribution in [0.15, 0.2) is 164 Å². The second kappa shape index (κ2) is 33.0. The molecule has 6 atom stereocenters. The van der Waals surface area contributed by atoms with Gasteiger partial charge in [0.15, 0.2) is 0 Å². The number of likely N-dealkylation sites (tertiary alicyclic amines) is 3. The highest BCUT2D eigenvalue weighted by Crippen LogP contribution is 2.37. The van der Waals surface area contributed by atoms with Gasteiger partial charge in [-0.25, -0.2) is 28.1 Å². The van der Waals surface area contributed by atoms with Gasteiger partial charge in [0.1, 0.15) is 34.9 Å². The molecule has 0 bridgehead atoms. The van der Waals surface area contributed by atoms with E-state index in [1.165, 1.54) is 36.4 Å². The summed E-state index contributed by atoms with van der Waals surface area (Å²) in [6.07, 6.45) is 8.76. The number of carbonyl (C=O) groups is 6. The molecule has 0 saturated carbocycles. The molecule has 18 nitrogen and oxygen atoms in total. The van der Waals surface area contributed by atoms with Crippen LogP contribution < -0.4 is 33.2 Å². The van der Waals surface area contributed by atoms with E-state index in [1.54, 1.807) is 127 Å². The molecule has 0 spiro atoms. The first-order chi connectivity index (χ1) is 48.7. The van der Waals surface area contributed by atoms with E-state index >= 15 is 0 Å². The predicted octanol–water partition coefficient (Wildman–Crippen LogP) is 14.9. The van der Waals surface area contributed by atoms with E-state index in [9.17, 15) is 41.9 Å². The van der Waals surface area contributed by atoms with Gasteiger partial charge in [0.05, 0.1) is 34.8 Å². The van der Waals surface area contributed by atoms with Gasteiger partial charge in [-0.1, -0.05) is 89.4 Å². The zero-order valence-electron chi connectivity index (χ0n) is 57.0. The van der Waals surface area contributed by atoms with Crippen molar-refractivity contribution in [1.82, 2.24) is 45.6 Å². The molecule has 24 heteroatoms. The SMILES string of the molecule is C[C@@H](NC(=O)c1ccc(-c2cc(C3CCC(=O)N(C)C3)cnc2N)cc1F)c1cccc(Cl)c1.C[C@@H](NC(=O)c1ccc(-c2cc([C@@H]3CCC(=O)N(C)C3)cnc2N)cc1F)c1cccc(Cl)c1.C[C@@H](NC(=O)c1ccc(-c2cc([C@H]3CCC(=O)N(C)C3)cnc2N)cc1F)c1cccc(Cl)c1. The van der Waals surface area contributed by atoms with Gasteiger partial charge in [-0.05, 0) is 181 Å². The fraction of sp³-hybridized carbons (Fsp3) is 0.269. The van der Waals surface area contributed by atoms with Crippen molar-refractivity contribution in [3.8, 4) is 33.4 Å². The van der Waals surface area contributed by atoms with Crippen LogP contribution in [0.1, 0.15) is 160 Å². The van der Waals surface area contributed by atoms with Crippen LogP contribution in [0.5, 0.6) is 0 Å². The van der Waals surface area contributed by atoms with E-state index in [1.807, 2.05) is 57.2 Å². The minimum Gasteiger partial charge on any atom is -0.383 e. The number of pyridine rings is 3. The lowest BCUT2D eigenvalue weighted by Gasteiger charge is -2.30. The number of hydrogen-bond acceptors (Lipinski definition) is 12. The topological polar surface area (TPSA) is 265 Å². The summed E-state index contributed by atoms with van der Waals surface area (Å²) in [5.41, 5.74) is 26.8. The molecule has 0 aliphatic carbocycles. The molecule has 528 valence electrons. The minimum atomic E-state index is -0.652. The third-order valence-corrected chi connectivity index (χ3v) is 19.5. The van der Waals surface area contributed by atoms with Gasteiger partial charge < -0.3 is 47.9 Å². The Morgan fingerprint density at radius 2 is 0.686 bits per heavy atom. The molecule has 9 N–H and O–H groups in total. The highest BCUT2D eigenvalue weighted by molar-refractivity contribution is 6.31. The second-order valence-electron chi connectivity index (χ2n) is 26.0. The van der Waals surface area contributed by atoms with Crippen molar-refractivity contribution >= 4 is 87.7 Å². The molecule has 9 aromatic rings. The van der Waals surface area contributed by atoms with Crippen molar-refractivity contribution in [3.05, 3.63) is 247 Å². The van der Waals surface area contributed by atoms with Gasteiger partial charge in [-0.3, -0.25) is 28.8 Å². The first-order valence-electron chi connectivity index (χ1n) is 33.2. The number of benzene rings is 6. The average Bonchev–Trinajstić information content (AvgIpc) is 0.808. The van der Waals surface area contributed by atoms with Crippen molar-refractivity contribution in [3.63, 3.8) is 0 Å². The molecule has 3 aliphatic heterocycles. The number of amides is 6. The van der Waals surface area contributed by atoms with Crippen LogP contribution in [0.3, 0.4) is 0 Å². The van der Waals surface area contributed by atoms with Gasteiger partial charge in [0.25, 0.3) is 17.7 Å². The number of hydrogen-bond donors (Lipinski definition) is 6. The molecule has 1 unspecified atom stereocenters. The van der Waals surface area contributed by atoms with Gasteiger partial charge in [-0.2, -0.15) is 0 Å². The highest BCUT2D eigenvalue weighted by atomic mass is 35.5. The number of nitrogen functional groups attached to an aromatic ring is 3. The molecule has 6 aromatic carbocycles. The van der Waals surface area contributed by atoms with Crippen LogP contribution in [0.25, 0.3) is 33.4 Å². The van der Waals surface area contributed by atoms with Crippen LogP contribution in [-0.2, 0) is 14.4 Å². The fourth-order valence-electron chi connectivity index (χ4n) is 12.7. The van der Waals surface area contributed by atoms with Gasteiger partial charge in [-0.15, -0.1) is 0 Å². The summed E-state index contributed by atoms with van der Waals surface area (Å²) in [6.45, 7) is 7.23. The third-order valence-electron chi connectivity index (χ3n) is 18.8. The molecule has 3 aliphatic rings. The van der Waals surface area contributed by atoms with Crippen molar-refractivity contribution < 1.29 is 41.9 Å². The quantitative estimate of drug-likeness (QED) is 0.0560. The van der Waals surface area contributed by atoms with Crippen molar-refractivity contribution in [2.45, 2.75) is 95.2 Å². The van der Waals surface area contributed by atoms with Gasteiger partial charge >= 0.3 is 0 Å². The normalized spacial score (nSPS) is 16.9. The summed E-state index contributed by atoms with van der Waals surface area (Å²) in [7, 11) is 5.35. The summed E-state index contributed by atoms with van der Waals surface area (Å²) >= 11 is 18.1. The number of nitrogens with one attached hydrogen (secondary N) is 3. The number of carbonyl (C=O) groups excluding carboxylic acids is 6. The largest absolute Gasteiger partial charge is 0.383 e. The summed E-state index contributed by atoms with van der Waals surface area (Å²) in [5, 5.41) is 10.1. The summed E-state index contributed by atoms with van der Waals surface area (Å²) in [6, 6.07) is 39.3. The van der Waals surface area contributed by atoms with Crippen molar-refractivity contribution in [2.75, 3.05) is 58.0 Å². The molecule has 3 aromatic heterocycles. The Labute approximate surface area is 605 Å². The standard InChI is InChI=1S/3C26H26ClFN4O2/c3*1-15(16-4-3-5-20(27)10-16)31-26(34)21-8-6-17(12-23(21)28)22-11-19(13-30-25(22)29)18-7-9-24(33)32(2)14-18/h3*3-6,8,10-13,15,18H,7,9,14H2,1-2H3,(H2,29,30)(H,31,34)/t15-,18?;15-,18+;15-,18-/m111/s1. The molecule has 3 saturated heterocycles. The molecular weight excluding hydrogens is 1360 g/mol. The molecule has 12 rings (SSSR count). The van der Waals surface area contributed by atoms with E-state index in [4.69, 9.17) is 52.0 Å². The van der Waals surface area contributed by atoms with E-state index in [0.29, 0.717) is 87.3 Å². The number of rotatable bonds is 15. The molecule has 102 heavy (non-hydrogen) atoms. The Kier molecular flexibility index (Phi) is 24.0. The monoisotopic (exact) mass is 1440 g/mol. The molecular formula is C78H78Cl3F3N12O6. The van der Waals surface area contributed by atoms with Crippen LogP contribution >= 0.6 is 34.8 Å². The van der Waals surface area contributed by atoms with Gasteiger partial charge in [0.2, 0.25) is 17.7 Å². The van der Waals surface area contributed by atoms with Crippen LogP contribution in [0, 0.1) is 17.5 Å². The number of anilines is 3. The molecule has 6 amide bonds. The Morgan fingerprint density at radius 3 is 0.922 bits per heavy atom. The summed E-state index contributed by atoms with van der Waals surface area (Å²) in [5.74, 6) is -1.92. The first-order valence-corrected chi connectivity index (χ1v) is 34.4. The van der Waals surface area contributed by atoms with E-state index in [2.05, 4.69) is 30.9 Å². The number of aromatic nitrogens is 3. The first kappa shape index (κ1) is 74.3. The lowest BCUT2D eigenvalue weighted by molar-refractivity contribution is -0.133. The summed E-state index contributed by atoms with van der Waals surface area (Å²) in [4.78, 5) is 91.6. The van der Waals surface area contributed by atoms with E-state index < -0.39 is 35.2 Å². The number of nitrogens with zero attached hydrogens (tertiary/aromatic N) is 6. The van der Waals surface area contributed by atoms with Gasteiger partial charge in [0, 0.05) is 128 Å². The molecule has 6 heterocycles. The minimum absolute atomic E-state index is 0.0623. The van der Waals surface area contributed by atoms with Crippen LogP contribution in [0.2, 0.25) is 15.1 Å². The Balaban J connectivity index is 0.000000165. The lowest BCUT2D eigenvalue weighted by atomic mass is 9.90. The maximum atomic E-state index is 15.0. The Morgan fingerprint density at radius 1 is 0.422 bits per heavy atom. The molecule has 3 fully saturated rings. The Bertz CT molecular complexity index is 4210. The zero-order chi connectivity index (χ0) is 73.2. The third kappa shape index (κ3) is 18.2. The zero-order valence-corrected chi connectivity index (χ0v) is 59.3. The fourth-order valence-corrected chi connectivity index (χ4v) is 13.3. The van der Waals surface area contributed by atoms with Crippen LogP contribution in [0.4, 0.5) is 30.6 Å². The number of likely N-dealkylation sites (N-methyl/N-ethyl adjacent to an activating group) is 3. The lowest BCUT2D eigenvalue weighted by Crippen LogP contribution is -2.35. The van der Waals surface area contributed by atoms with E-state index in [-0.39, 0.29) is 87.7 Å². The maximum Gasteiger partial charge on any atom is 0.254 e. The predicted molar refractivity (Wildman–Crippen MR) is 393 cm³/mol. The second-order valence-corrected chi connectivity index (χ2v) is 27.3. The highest BCUT2D eigenvalue weighted by Gasteiger charge is 2.30. The van der Waals surface area contributed by atoms with Crippen molar-refractivity contribution in [1.29, 1.82) is 0 Å². The maximum absolute atomic E-state index is 15.0. The summed E-state index contributed by atoms with van der Waals surface area (Å²) < 4.78 is 45.0. The Hall–Kier alpha value is -10.4. The number of nitrogens with two attached hydrogens (primary N) is 3. The average molecular weight is 1440 g/mol. The van der Waals surface area contributed by atoms with Crippen LogP contribution in [-0.4, -0.2) is 106 Å². The van der Waals surface area contributed by atoms with Crippen molar-refractivity contribution in [2.24, 2.45) is 0 Å².